The lowest BCUT2D eigenvalue weighted by atomic mass is 10.1. The summed E-state index contributed by atoms with van der Waals surface area (Å²) in [6, 6.07) is 17.1. The van der Waals surface area contributed by atoms with Gasteiger partial charge in [-0.05, 0) is 49.4 Å². The van der Waals surface area contributed by atoms with Crippen LogP contribution in [0.15, 0.2) is 60.8 Å². The number of nitrogens with one attached hydrogen (secondary N) is 2. The monoisotopic (exact) mass is 450 g/mol. The Morgan fingerprint density at radius 3 is 2.68 bits per heavy atom. The Labute approximate surface area is 196 Å². The molecule has 0 radical (unpaired) electrons. The molecule has 3 heterocycles. The predicted molar refractivity (Wildman–Crippen MR) is 129 cm³/mol. The number of imidazole rings is 1. The molecule has 0 fully saturated rings. The minimum atomic E-state index is -0.235. The van der Waals surface area contributed by atoms with Gasteiger partial charge in [0.05, 0.1) is 23.7 Å². The fourth-order valence-electron chi connectivity index (χ4n) is 3.67. The molecule has 0 bridgehead atoms. The summed E-state index contributed by atoms with van der Waals surface area (Å²) in [5.41, 5.74) is 4.34. The molecule has 0 aliphatic rings. The number of pyridine rings is 1. The maximum absolute atomic E-state index is 13.0. The molecule has 1 amide bonds. The number of aromatic nitrogens is 5. The second-order valence-corrected chi connectivity index (χ2v) is 7.77. The molecule has 0 aliphatic carbocycles. The van der Waals surface area contributed by atoms with E-state index < -0.39 is 0 Å². The third kappa shape index (κ3) is 4.32. The number of carbonyl (C=O) groups excluding carboxylic acids is 1. The highest BCUT2D eigenvalue weighted by Crippen LogP contribution is 2.15. The van der Waals surface area contributed by atoms with Gasteiger partial charge in [-0.1, -0.05) is 24.0 Å². The molecule has 2 aromatic carbocycles. The van der Waals surface area contributed by atoms with Crippen LogP contribution in [0, 0.1) is 18.8 Å². The maximum atomic E-state index is 13.0. The van der Waals surface area contributed by atoms with Crippen LogP contribution >= 0.6 is 0 Å². The zero-order chi connectivity index (χ0) is 23.5. The summed E-state index contributed by atoms with van der Waals surface area (Å²) in [5.74, 6) is 8.31. The maximum Gasteiger partial charge on any atom is 0.255 e. The average Bonchev–Trinajstić information content (AvgIpc) is 3.45. The molecule has 0 unspecified atom stereocenters. The van der Waals surface area contributed by atoms with Crippen LogP contribution in [0.5, 0.6) is 5.75 Å². The zero-order valence-electron chi connectivity index (χ0n) is 18.8. The second-order valence-electron chi connectivity index (χ2n) is 7.77. The van der Waals surface area contributed by atoms with E-state index in [1.165, 1.54) is 0 Å². The molecule has 0 atom stereocenters. The van der Waals surface area contributed by atoms with Gasteiger partial charge in [-0.15, -0.1) is 10.2 Å². The topological polar surface area (TPSA) is 97.2 Å². The van der Waals surface area contributed by atoms with Crippen LogP contribution in [0.3, 0.4) is 0 Å². The third-order valence-corrected chi connectivity index (χ3v) is 5.45. The number of rotatable bonds is 5. The number of carbonyl (C=O) groups is 1. The average molecular weight is 451 g/mol. The first-order chi connectivity index (χ1) is 16.6. The number of amides is 1. The van der Waals surface area contributed by atoms with Crippen molar-refractivity contribution >= 4 is 22.6 Å². The van der Waals surface area contributed by atoms with Crippen LogP contribution in [0.4, 0.5) is 0 Å². The van der Waals surface area contributed by atoms with Crippen LogP contribution in [-0.2, 0) is 6.42 Å². The van der Waals surface area contributed by atoms with Crippen LogP contribution < -0.4 is 10.1 Å². The molecular formula is C26H22N6O2. The Hall–Kier alpha value is -4.64. The Balaban J connectivity index is 1.36. The summed E-state index contributed by atoms with van der Waals surface area (Å²) in [6.45, 7) is 2.27. The van der Waals surface area contributed by atoms with E-state index in [0.29, 0.717) is 35.6 Å². The van der Waals surface area contributed by atoms with Gasteiger partial charge in [-0.25, -0.2) is 4.98 Å². The van der Waals surface area contributed by atoms with Crippen molar-refractivity contribution in [3.63, 3.8) is 0 Å². The summed E-state index contributed by atoms with van der Waals surface area (Å²) in [7, 11) is 1.63. The van der Waals surface area contributed by atoms with Crippen molar-refractivity contribution in [3.8, 4) is 17.6 Å². The molecule has 5 aromatic rings. The number of benzene rings is 2. The smallest absolute Gasteiger partial charge is 0.255 e. The quantitative estimate of drug-likeness (QED) is 0.401. The number of fused-ring (bicyclic) bond motifs is 2. The highest BCUT2D eigenvalue weighted by atomic mass is 16.5. The van der Waals surface area contributed by atoms with E-state index in [9.17, 15) is 4.79 Å². The van der Waals surface area contributed by atoms with Crippen molar-refractivity contribution in [2.24, 2.45) is 0 Å². The zero-order valence-corrected chi connectivity index (χ0v) is 18.8. The molecule has 3 aromatic heterocycles. The Kier molecular flexibility index (Phi) is 5.67. The van der Waals surface area contributed by atoms with E-state index in [0.717, 1.165) is 28.2 Å². The van der Waals surface area contributed by atoms with Gasteiger partial charge in [0, 0.05) is 30.3 Å². The van der Waals surface area contributed by atoms with E-state index in [1.54, 1.807) is 17.6 Å². The van der Waals surface area contributed by atoms with Crippen LogP contribution in [0.1, 0.15) is 33.1 Å². The van der Waals surface area contributed by atoms with Crippen molar-refractivity contribution in [2.75, 3.05) is 13.7 Å². The molecule has 0 spiro atoms. The van der Waals surface area contributed by atoms with Crippen LogP contribution in [0.2, 0.25) is 0 Å². The van der Waals surface area contributed by atoms with E-state index in [-0.39, 0.29) is 5.91 Å². The van der Waals surface area contributed by atoms with Gasteiger partial charge in [0.2, 0.25) is 0 Å². The molecule has 34 heavy (non-hydrogen) atoms. The molecular weight excluding hydrogens is 428 g/mol. The van der Waals surface area contributed by atoms with Gasteiger partial charge in [-0.3, -0.25) is 9.20 Å². The minimum absolute atomic E-state index is 0.235. The first-order valence-corrected chi connectivity index (χ1v) is 10.8. The third-order valence-electron chi connectivity index (χ3n) is 5.45. The molecule has 2 N–H and O–H groups in total. The number of methoxy groups -OCH3 is 1. The fraction of sp³-hybridized carbons (Fsp3) is 0.154. The van der Waals surface area contributed by atoms with E-state index >= 15 is 0 Å². The Bertz CT molecular complexity index is 1520. The summed E-state index contributed by atoms with van der Waals surface area (Å²) < 4.78 is 6.97. The lowest BCUT2D eigenvalue weighted by molar-refractivity contribution is 0.0955. The van der Waals surface area contributed by atoms with Gasteiger partial charge in [-0.2, -0.15) is 0 Å². The van der Waals surface area contributed by atoms with E-state index in [1.807, 2.05) is 61.7 Å². The molecule has 5 rings (SSSR count). The number of aryl methyl sites for hydroxylation is 1. The molecule has 168 valence electrons. The van der Waals surface area contributed by atoms with Gasteiger partial charge in [0.25, 0.3) is 5.91 Å². The lowest BCUT2D eigenvalue weighted by Gasteiger charge is -2.07. The number of para-hydroxylation sites is 2. The normalized spacial score (nSPS) is 10.8. The van der Waals surface area contributed by atoms with Crippen LogP contribution in [0.25, 0.3) is 16.7 Å². The number of hydrogen-bond donors (Lipinski definition) is 2. The van der Waals surface area contributed by atoms with Crippen molar-refractivity contribution < 1.29 is 9.53 Å². The van der Waals surface area contributed by atoms with E-state index in [4.69, 9.17) is 4.74 Å². The molecule has 0 saturated carbocycles. The van der Waals surface area contributed by atoms with Crippen LogP contribution in [-0.4, -0.2) is 44.1 Å². The molecule has 0 aliphatic heterocycles. The largest absolute Gasteiger partial charge is 0.497 e. The van der Waals surface area contributed by atoms with Gasteiger partial charge < -0.3 is 15.0 Å². The van der Waals surface area contributed by atoms with Gasteiger partial charge >= 0.3 is 0 Å². The summed E-state index contributed by atoms with van der Waals surface area (Å²) in [4.78, 5) is 20.9. The summed E-state index contributed by atoms with van der Waals surface area (Å²) in [6.07, 6.45) is 2.42. The minimum Gasteiger partial charge on any atom is -0.497 e. The van der Waals surface area contributed by atoms with Crippen molar-refractivity contribution in [3.05, 3.63) is 89.1 Å². The van der Waals surface area contributed by atoms with Gasteiger partial charge in [0.15, 0.2) is 5.65 Å². The first-order valence-electron chi connectivity index (χ1n) is 10.8. The Morgan fingerprint density at radius 1 is 1.09 bits per heavy atom. The van der Waals surface area contributed by atoms with Crippen molar-refractivity contribution in [1.29, 1.82) is 0 Å². The van der Waals surface area contributed by atoms with Gasteiger partial charge in [0.1, 0.15) is 17.4 Å². The standard InChI is InChI=1S/C26H22N6O2/c1-17-30-31-25-21(26(33)27-14-13-24-28-22-5-3-4-6-23(22)29-24)15-19(16-32(17)25)8-7-18-9-11-20(34-2)12-10-18/h3-6,9-12,15-16H,13-14H2,1-2H3,(H,27,33)(H,28,29). The molecule has 8 heteroatoms. The summed E-state index contributed by atoms with van der Waals surface area (Å²) in [5, 5.41) is 11.3. The lowest BCUT2D eigenvalue weighted by Crippen LogP contribution is -2.26. The summed E-state index contributed by atoms with van der Waals surface area (Å²) >= 11 is 0. The molecule has 8 nitrogen and oxygen atoms in total. The first kappa shape index (κ1) is 21.2. The highest BCUT2D eigenvalue weighted by molar-refractivity contribution is 6.00. The highest BCUT2D eigenvalue weighted by Gasteiger charge is 2.15. The SMILES string of the molecule is COc1ccc(C#Cc2cc(C(=O)NCCc3nc4ccccc4[nH]3)c3nnc(C)n3c2)cc1. The number of nitrogens with zero attached hydrogens (tertiary/aromatic N) is 4. The fourth-order valence-corrected chi connectivity index (χ4v) is 3.67. The number of hydrogen-bond acceptors (Lipinski definition) is 5. The number of ether oxygens (including phenoxy) is 1. The number of aromatic amines is 1. The van der Waals surface area contributed by atoms with Crippen molar-refractivity contribution in [2.45, 2.75) is 13.3 Å². The van der Waals surface area contributed by atoms with Crippen molar-refractivity contribution in [1.82, 2.24) is 29.9 Å². The van der Waals surface area contributed by atoms with E-state index in [2.05, 4.69) is 37.3 Å². The molecule has 0 saturated heterocycles. The number of H-pyrrole nitrogens is 1. The predicted octanol–water partition coefficient (Wildman–Crippen LogP) is 3.29. The Morgan fingerprint density at radius 2 is 1.88 bits per heavy atom. The second kappa shape index (κ2) is 9.08.